The van der Waals surface area contributed by atoms with Crippen LogP contribution in [0.25, 0.3) is 0 Å². The first-order valence-electron chi connectivity index (χ1n) is 4.97. The average molecular weight is 196 g/mol. The zero-order valence-electron chi connectivity index (χ0n) is 8.60. The van der Waals surface area contributed by atoms with Gasteiger partial charge in [-0.05, 0) is 6.92 Å². The third-order valence-corrected chi connectivity index (χ3v) is 2.77. The number of rotatable bonds is 3. The summed E-state index contributed by atoms with van der Waals surface area (Å²) in [6, 6.07) is 0. The van der Waals surface area contributed by atoms with Crippen molar-refractivity contribution in [3.63, 3.8) is 0 Å². The van der Waals surface area contributed by atoms with Crippen molar-refractivity contribution in [3.8, 4) is 0 Å². The molecule has 1 heterocycles. The summed E-state index contributed by atoms with van der Waals surface area (Å²) >= 11 is 0. The fourth-order valence-corrected chi connectivity index (χ4v) is 2.04. The summed E-state index contributed by atoms with van der Waals surface area (Å²) in [5.74, 6) is 0.744. The summed E-state index contributed by atoms with van der Waals surface area (Å²) in [5.41, 5.74) is -0.766. The van der Waals surface area contributed by atoms with Crippen LogP contribution in [0.1, 0.15) is 25.6 Å². The van der Waals surface area contributed by atoms with Crippen LogP contribution < -0.4 is 0 Å². The number of hydrogen-bond acceptors (Lipinski definition) is 3. The fourth-order valence-electron chi connectivity index (χ4n) is 2.04. The van der Waals surface area contributed by atoms with Crippen molar-refractivity contribution in [1.29, 1.82) is 0 Å². The smallest absolute Gasteiger partial charge is 0.140 e. The van der Waals surface area contributed by atoms with Crippen molar-refractivity contribution < 1.29 is 9.84 Å². The second-order valence-electron chi connectivity index (χ2n) is 3.88. The molecule has 0 aromatic carbocycles. The van der Waals surface area contributed by atoms with Crippen LogP contribution >= 0.6 is 0 Å². The van der Waals surface area contributed by atoms with Crippen LogP contribution in [0.15, 0.2) is 12.4 Å². The highest BCUT2D eigenvalue weighted by Gasteiger charge is 2.47. The molecular weight excluding hydrogens is 180 g/mol. The van der Waals surface area contributed by atoms with E-state index in [1.54, 1.807) is 6.20 Å². The maximum atomic E-state index is 10.2. The van der Waals surface area contributed by atoms with Crippen molar-refractivity contribution in [2.24, 2.45) is 7.05 Å². The lowest BCUT2D eigenvalue weighted by Gasteiger charge is -2.42. The van der Waals surface area contributed by atoms with Crippen molar-refractivity contribution >= 4 is 0 Å². The van der Waals surface area contributed by atoms with Gasteiger partial charge in [0, 0.05) is 38.9 Å². The van der Waals surface area contributed by atoms with E-state index in [4.69, 9.17) is 4.74 Å². The van der Waals surface area contributed by atoms with Crippen molar-refractivity contribution in [2.45, 2.75) is 31.5 Å². The number of imidazole rings is 1. The summed E-state index contributed by atoms with van der Waals surface area (Å²) < 4.78 is 7.28. The highest BCUT2D eigenvalue weighted by Crippen LogP contribution is 2.41. The standard InChI is InChI=1S/C10H16N2O2/c1-3-14-8-6-10(13,7-8)9-11-4-5-12(9)2/h4-5,8,13H,3,6-7H2,1-2H3. The van der Waals surface area contributed by atoms with Gasteiger partial charge in [-0.2, -0.15) is 0 Å². The van der Waals surface area contributed by atoms with Crippen LogP contribution in [0.5, 0.6) is 0 Å². The number of aromatic nitrogens is 2. The van der Waals surface area contributed by atoms with Crippen LogP contribution in [-0.4, -0.2) is 27.4 Å². The van der Waals surface area contributed by atoms with E-state index >= 15 is 0 Å². The van der Waals surface area contributed by atoms with Gasteiger partial charge < -0.3 is 14.4 Å². The summed E-state index contributed by atoms with van der Waals surface area (Å²) in [7, 11) is 1.90. The normalized spacial score (nSPS) is 31.5. The van der Waals surface area contributed by atoms with Crippen molar-refractivity contribution in [2.75, 3.05) is 6.61 Å². The largest absolute Gasteiger partial charge is 0.382 e. The molecule has 0 atom stereocenters. The Morgan fingerprint density at radius 3 is 2.93 bits per heavy atom. The summed E-state index contributed by atoms with van der Waals surface area (Å²) in [5, 5.41) is 10.2. The van der Waals surface area contributed by atoms with Crippen LogP contribution in [-0.2, 0) is 17.4 Å². The maximum Gasteiger partial charge on any atom is 0.140 e. The Morgan fingerprint density at radius 2 is 2.43 bits per heavy atom. The monoisotopic (exact) mass is 196 g/mol. The molecule has 1 fully saturated rings. The van der Waals surface area contributed by atoms with Gasteiger partial charge in [0.2, 0.25) is 0 Å². The molecule has 78 valence electrons. The first-order chi connectivity index (χ1) is 6.65. The number of ether oxygens (including phenoxy) is 1. The van der Waals surface area contributed by atoms with E-state index in [1.807, 2.05) is 24.7 Å². The molecule has 1 N–H and O–H groups in total. The van der Waals surface area contributed by atoms with E-state index in [2.05, 4.69) is 4.98 Å². The van der Waals surface area contributed by atoms with Gasteiger partial charge in [-0.25, -0.2) is 4.98 Å². The zero-order valence-corrected chi connectivity index (χ0v) is 8.60. The van der Waals surface area contributed by atoms with Gasteiger partial charge in [-0.1, -0.05) is 0 Å². The number of aliphatic hydroxyl groups is 1. The molecule has 0 amide bonds. The molecule has 1 aliphatic carbocycles. The first-order valence-corrected chi connectivity index (χ1v) is 4.97. The molecule has 0 saturated heterocycles. The lowest BCUT2D eigenvalue weighted by molar-refractivity contribution is -0.148. The highest BCUT2D eigenvalue weighted by molar-refractivity contribution is 5.11. The highest BCUT2D eigenvalue weighted by atomic mass is 16.5. The molecule has 0 spiro atoms. The third-order valence-electron chi connectivity index (χ3n) is 2.77. The molecule has 4 heteroatoms. The minimum absolute atomic E-state index is 0.196. The SMILES string of the molecule is CCOC1CC(O)(c2nccn2C)C1. The Morgan fingerprint density at radius 1 is 1.71 bits per heavy atom. The zero-order chi connectivity index (χ0) is 10.2. The van der Waals surface area contributed by atoms with Gasteiger partial charge in [0.1, 0.15) is 11.4 Å². The van der Waals surface area contributed by atoms with Crippen molar-refractivity contribution in [1.82, 2.24) is 9.55 Å². The van der Waals surface area contributed by atoms with Crippen molar-refractivity contribution in [3.05, 3.63) is 18.2 Å². The molecule has 1 aliphatic rings. The predicted molar refractivity (Wildman–Crippen MR) is 51.8 cm³/mol. The molecule has 4 nitrogen and oxygen atoms in total. The molecule has 0 aliphatic heterocycles. The van der Waals surface area contributed by atoms with E-state index < -0.39 is 5.60 Å². The lowest BCUT2D eigenvalue weighted by Crippen LogP contribution is -2.47. The van der Waals surface area contributed by atoms with Gasteiger partial charge in [0.15, 0.2) is 0 Å². The number of hydrogen-bond donors (Lipinski definition) is 1. The lowest BCUT2D eigenvalue weighted by atomic mass is 9.76. The fraction of sp³-hybridized carbons (Fsp3) is 0.700. The second kappa shape index (κ2) is 3.37. The van der Waals surface area contributed by atoms with Crippen LogP contribution in [0.4, 0.5) is 0 Å². The van der Waals surface area contributed by atoms with Gasteiger partial charge in [0.25, 0.3) is 0 Å². The van der Waals surface area contributed by atoms with Gasteiger partial charge in [-0.15, -0.1) is 0 Å². The topological polar surface area (TPSA) is 47.3 Å². The predicted octanol–water partition coefficient (Wildman–Crippen LogP) is 0.807. The Hall–Kier alpha value is -0.870. The maximum absolute atomic E-state index is 10.2. The molecule has 0 unspecified atom stereocenters. The molecule has 14 heavy (non-hydrogen) atoms. The van der Waals surface area contributed by atoms with Gasteiger partial charge >= 0.3 is 0 Å². The minimum atomic E-state index is -0.766. The summed E-state index contributed by atoms with van der Waals surface area (Å²) in [6.45, 7) is 2.68. The summed E-state index contributed by atoms with van der Waals surface area (Å²) in [6.07, 6.45) is 5.07. The molecule has 1 aromatic heterocycles. The number of nitrogens with zero attached hydrogens (tertiary/aromatic N) is 2. The van der Waals surface area contributed by atoms with E-state index in [-0.39, 0.29) is 6.10 Å². The van der Waals surface area contributed by atoms with E-state index in [0.29, 0.717) is 19.4 Å². The molecule has 1 saturated carbocycles. The van der Waals surface area contributed by atoms with E-state index in [9.17, 15) is 5.11 Å². The quantitative estimate of drug-likeness (QED) is 0.778. The molecule has 0 bridgehead atoms. The van der Waals surface area contributed by atoms with Gasteiger partial charge in [0.05, 0.1) is 6.10 Å². The van der Waals surface area contributed by atoms with E-state index in [0.717, 1.165) is 5.82 Å². The third kappa shape index (κ3) is 1.44. The van der Waals surface area contributed by atoms with Crippen LogP contribution in [0.3, 0.4) is 0 Å². The molecule has 0 radical (unpaired) electrons. The second-order valence-corrected chi connectivity index (χ2v) is 3.88. The summed E-state index contributed by atoms with van der Waals surface area (Å²) in [4.78, 5) is 4.16. The van der Waals surface area contributed by atoms with Gasteiger partial charge in [-0.3, -0.25) is 0 Å². The van der Waals surface area contributed by atoms with Crippen LogP contribution in [0, 0.1) is 0 Å². The van der Waals surface area contributed by atoms with E-state index in [1.165, 1.54) is 0 Å². The Kier molecular flexibility index (Phi) is 2.33. The Balaban J connectivity index is 2.04. The first kappa shape index (κ1) is 9.68. The molecule has 2 rings (SSSR count). The number of aryl methyl sites for hydroxylation is 1. The average Bonchev–Trinajstić information content (AvgIpc) is 2.49. The van der Waals surface area contributed by atoms with Crippen LogP contribution in [0.2, 0.25) is 0 Å². The Bertz CT molecular complexity index is 316. The molecular formula is C10H16N2O2. The Labute approximate surface area is 83.5 Å². The molecule has 1 aromatic rings. The minimum Gasteiger partial charge on any atom is -0.382 e.